The molecule has 0 unspecified atom stereocenters. The van der Waals surface area contributed by atoms with Crippen LogP contribution < -0.4 is 10.5 Å². The van der Waals surface area contributed by atoms with E-state index in [0.29, 0.717) is 24.7 Å². The normalized spacial score (nSPS) is 16.7. The van der Waals surface area contributed by atoms with Crippen LogP contribution in [-0.2, 0) is 4.74 Å². The number of anilines is 1. The van der Waals surface area contributed by atoms with E-state index in [1.807, 2.05) is 0 Å². The Kier molecular flexibility index (Phi) is 2.06. The van der Waals surface area contributed by atoms with Crippen molar-refractivity contribution in [2.24, 2.45) is 0 Å². The summed E-state index contributed by atoms with van der Waals surface area (Å²) in [6.45, 7) is 1.10. The topological polar surface area (TPSA) is 44.5 Å². The summed E-state index contributed by atoms with van der Waals surface area (Å²) in [5.41, 5.74) is 6.04. The third-order valence-electron chi connectivity index (χ3n) is 1.88. The van der Waals surface area contributed by atoms with Crippen LogP contribution in [-0.4, -0.2) is 19.3 Å². The van der Waals surface area contributed by atoms with Crippen molar-refractivity contribution in [2.45, 2.75) is 6.10 Å². The maximum atomic E-state index is 12.8. The van der Waals surface area contributed by atoms with Crippen molar-refractivity contribution >= 4 is 5.69 Å². The molecule has 4 heteroatoms. The highest BCUT2D eigenvalue weighted by Crippen LogP contribution is 2.24. The van der Waals surface area contributed by atoms with Gasteiger partial charge in [0.05, 0.1) is 18.9 Å². The van der Waals surface area contributed by atoms with Gasteiger partial charge >= 0.3 is 0 Å². The van der Waals surface area contributed by atoms with Gasteiger partial charge in [-0.3, -0.25) is 0 Å². The third-order valence-corrected chi connectivity index (χ3v) is 1.88. The predicted octanol–water partition coefficient (Wildman–Crippen LogP) is 1.19. The van der Waals surface area contributed by atoms with Crippen molar-refractivity contribution in [3.05, 3.63) is 24.0 Å². The molecule has 0 saturated carbocycles. The lowest BCUT2D eigenvalue weighted by atomic mass is 10.2. The Morgan fingerprint density at radius 2 is 2.23 bits per heavy atom. The highest BCUT2D eigenvalue weighted by atomic mass is 19.1. The van der Waals surface area contributed by atoms with Crippen LogP contribution in [0.15, 0.2) is 18.2 Å². The molecule has 1 aliphatic heterocycles. The Bertz CT molecular complexity index is 312. The lowest BCUT2D eigenvalue weighted by Gasteiger charge is -2.27. The Labute approximate surface area is 75.3 Å². The highest BCUT2D eigenvalue weighted by Gasteiger charge is 2.21. The zero-order valence-corrected chi connectivity index (χ0v) is 7.00. The van der Waals surface area contributed by atoms with Crippen LogP contribution in [0.4, 0.5) is 10.1 Å². The van der Waals surface area contributed by atoms with E-state index in [2.05, 4.69) is 0 Å². The number of hydrogen-bond acceptors (Lipinski definition) is 3. The Hall–Kier alpha value is -1.29. The number of nitrogens with two attached hydrogens (primary N) is 1. The molecule has 0 aliphatic carbocycles. The maximum absolute atomic E-state index is 12.8. The monoisotopic (exact) mass is 183 g/mol. The van der Waals surface area contributed by atoms with Crippen molar-refractivity contribution in [2.75, 3.05) is 18.9 Å². The van der Waals surface area contributed by atoms with Crippen LogP contribution in [0.25, 0.3) is 0 Å². The molecule has 1 saturated heterocycles. The largest absolute Gasteiger partial charge is 0.483 e. The van der Waals surface area contributed by atoms with Gasteiger partial charge in [0.1, 0.15) is 17.7 Å². The van der Waals surface area contributed by atoms with Gasteiger partial charge in [0.2, 0.25) is 0 Å². The Morgan fingerprint density at radius 1 is 1.46 bits per heavy atom. The lowest BCUT2D eigenvalue weighted by Crippen LogP contribution is -2.38. The van der Waals surface area contributed by atoms with Gasteiger partial charge in [0, 0.05) is 6.07 Å². The van der Waals surface area contributed by atoms with E-state index in [9.17, 15) is 4.39 Å². The first-order chi connectivity index (χ1) is 6.25. The number of benzene rings is 1. The molecule has 0 spiro atoms. The standard InChI is InChI=1S/C9H10FNO2/c10-6-1-2-8(11)9(3-6)13-7-4-12-5-7/h1-3,7H,4-5,11H2. The zero-order valence-electron chi connectivity index (χ0n) is 7.00. The summed E-state index contributed by atoms with van der Waals surface area (Å²) in [4.78, 5) is 0. The summed E-state index contributed by atoms with van der Waals surface area (Å²) in [5, 5.41) is 0. The fraction of sp³-hybridized carbons (Fsp3) is 0.333. The minimum atomic E-state index is -0.343. The molecule has 0 amide bonds. The highest BCUT2D eigenvalue weighted by molar-refractivity contribution is 5.52. The van der Waals surface area contributed by atoms with E-state index in [4.69, 9.17) is 15.2 Å². The van der Waals surface area contributed by atoms with E-state index < -0.39 is 0 Å². The minimum Gasteiger partial charge on any atom is -0.483 e. The van der Waals surface area contributed by atoms with Crippen LogP contribution >= 0.6 is 0 Å². The number of hydrogen-bond donors (Lipinski definition) is 1. The minimum absolute atomic E-state index is 0.0177. The Morgan fingerprint density at radius 3 is 2.85 bits per heavy atom. The van der Waals surface area contributed by atoms with Gasteiger partial charge in [0.15, 0.2) is 0 Å². The first-order valence-corrected chi connectivity index (χ1v) is 4.05. The molecular weight excluding hydrogens is 173 g/mol. The Balaban J connectivity index is 2.13. The van der Waals surface area contributed by atoms with Crippen molar-refractivity contribution < 1.29 is 13.9 Å². The average Bonchev–Trinajstić information content (AvgIpc) is 2.03. The molecule has 3 nitrogen and oxygen atoms in total. The summed E-state index contributed by atoms with van der Waals surface area (Å²) in [6.07, 6.45) is 0.0177. The van der Waals surface area contributed by atoms with Gasteiger partial charge in [-0.25, -0.2) is 4.39 Å². The molecule has 1 fully saturated rings. The van der Waals surface area contributed by atoms with E-state index in [1.54, 1.807) is 0 Å². The van der Waals surface area contributed by atoms with Crippen LogP contribution in [0.1, 0.15) is 0 Å². The van der Waals surface area contributed by atoms with Gasteiger partial charge in [-0.15, -0.1) is 0 Å². The van der Waals surface area contributed by atoms with Crippen molar-refractivity contribution in [1.82, 2.24) is 0 Å². The average molecular weight is 183 g/mol. The van der Waals surface area contributed by atoms with Gasteiger partial charge in [-0.2, -0.15) is 0 Å². The molecule has 0 radical (unpaired) electrons. The molecule has 70 valence electrons. The molecule has 1 aromatic carbocycles. The fourth-order valence-electron chi connectivity index (χ4n) is 1.07. The van der Waals surface area contributed by atoms with Crippen molar-refractivity contribution in [3.8, 4) is 5.75 Å². The van der Waals surface area contributed by atoms with E-state index in [0.717, 1.165) is 0 Å². The number of rotatable bonds is 2. The maximum Gasteiger partial charge on any atom is 0.145 e. The summed E-state index contributed by atoms with van der Waals surface area (Å²) in [6, 6.07) is 4.08. The second-order valence-corrected chi connectivity index (χ2v) is 2.96. The summed E-state index contributed by atoms with van der Waals surface area (Å²) in [5.74, 6) is 0.0535. The molecule has 0 bridgehead atoms. The SMILES string of the molecule is Nc1ccc(F)cc1OC1COC1. The number of nitrogen functional groups attached to an aromatic ring is 1. The van der Waals surface area contributed by atoms with E-state index in [-0.39, 0.29) is 11.9 Å². The molecule has 1 aliphatic rings. The van der Waals surface area contributed by atoms with Gasteiger partial charge < -0.3 is 15.2 Å². The predicted molar refractivity (Wildman–Crippen MR) is 46.0 cm³/mol. The third kappa shape index (κ3) is 1.72. The van der Waals surface area contributed by atoms with Gasteiger partial charge in [-0.05, 0) is 12.1 Å². The molecule has 1 aromatic rings. The van der Waals surface area contributed by atoms with Crippen molar-refractivity contribution in [1.29, 1.82) is 0 Å². The van der Waals surface area contributed by atoms with E-state index >= 15 is 0 Å². The zero-order chi connectivity index (χ0) is 9.26. The van der Waals surface area contributed by atoms with Crippen LogP contribution in [0.5, 0.6) is 5.75 Å². The van der Waals surface area contributed by atoms with E-state index in [1.165, 1.54) is 18.2 Å². The number of ether oxygens (including phenoxy) is 2. The molecule has 2 rings (SSSR count). The summed E-state index contributed by atoms with van der Waals surface area (Å²) >= 11 is 0. The molecule has 1 heterocycles. The molecule has 2 N–H and O–H groups in total. The smallest absolute Gasteiger partial charge is 0.145 e. The second kappa shape index (κ2) is 3.22. The fourth-order valence-corrected chi connectivity index (χ4v) is 1.07. The quantitative estimate of drug-likeness (QED) is 0.700. The number of halogens is 1. The van der Waals surface area contributed by atoms with Gasteiger partial charge in [0.25, 0.3) is 0 Å². The van der Waals surface area contributed by atoms with Crippen LogP contribution in [0.3, 0.4) is 0 Å². The second-order valence-electron chi connectivity index (χ2n) is 2.96. The first-order valence-electron chi connectivity index (χ1n) is 4.05. The summed E-state index contributed by atoms with van der Waals surface area (Å²) in [7, 11) is 0. The summed E-state index contributed by atoms with van der Waals surface area (Å²) < 4.78 is 23.0. The molecular formula is C9H10FNO2. The molecule has 0 atom stereocenters. The lowest BCUT2D eigenvalue weighted by molar-refractivity contribution is -0.0794. The van der Waals surface area contributed by atoms with Crippen LogP contribution in [0.2, 0.25) is 0 Å². The molecule has 0 aromatic heterocycles. The van der Waals surface area contributed by atoms with Gasteiger partial charge in [-0.1, -0.05) is 0 Å². The molecule has 13 heavy (non-hydrogen) atoms. The van der Waals surface area contributed by atoms with Crippen molar-refractivity contribution in [3.63, 3.8) is 0 Å². The first kappa shape index (κ1) is 8.31. The van der Waals surface area contributed by atoms with Crippen LogP contribution in [0, 0.1) is 5.82 Å².